The maximum atomic E-state index is 13.2. The van der Waals surface area contributed by atoms with Crippen molar-refractivity contribution in [2.45, 2.75) is 26.5 Å². The van der Waals surface area contributed by atoms with Crippen molar-refractivity contribution < 1.29 is 19.4 Å². The average Bonchev–Trinajstić information content (AvgIpc) is 3.18. The molecule has 36 heavy (non-hydrogen) atoms. The van der Waals surface area contributed by atoms with Crippen LogP contribution in [0.25, 0.3) is 5.76 Å². The Kier molecular flexibility index (Phi) is 8.13. The topological polar surface area (TPSA) is 83.0 Å². The Morgan fingerprint density at radius 1 is 0.972 bits per heavy atom. The molecule has 1 fully saturated rings. The monoisotopic (exact) mass is 485 g/mol. The number of likely N-dealkylation sites (tertiary alicyclic amines) is 1. The summed E-state index contributed by atoms with van der Waals surface area (Å²) in [5.41, 5.74) is 2.31. The van der Waals surface area contributed by atoms with Gasteiger partial charge in [0, 0.05) is 31.0 Å². The molecule has 4 rings (SSSR count). The number of aliphatic hydroxyl groups is 1. The molecule has 0 aliphatic carbocycles. The number of ether oxygens (including phenoxy) is 1. The van der Waals surface area contributed by atoms with E-state index in [-0.39, 0.29) is 11.3 Å². The zero-order chi connectivity index (χ0) is 25.5. The summed E-state index contributed by atoms with van der Waals surface area (Å²) in [5, 5.41) is 11.2. The van der Waals surface area contributed by atoms with E-state index in [1.807, 2.05) is 30.3 Å². The van der Waals surface area contributed by atoms with E-state index in [0.717, 1.165) is 24.2 Å². The van der Waals surface area contributed by atoms with Gasteiger partial charge in [-0.3, -0.25) is 14.6 Å². The Morgan fingerprint density at radius 2 is 1.64 bits per heavy atom. The third-order valence-corrected chi connectivity index (χ3v) is 6.49. The first kappa shape index (κ1) is 25.1. The second kappa shape index (κ2) is 11.6. The maximum Gasteiger partial charge on any atom is 0.295 e. The van der Waals surface area contributed by atoms with Crippen LogP contribution in [-0.4, -0.2) is 57.8 Å². The molecule has 1 aliphatic rings. The standard InChI is InChI=1S/C29H31N3O4/c1-3-31(4-2)18-19-32-26(22-14-16-30-17-15-22)25(28(34)29(32)35)27(33)23-10-12-24(13-11-23)36-20-21-8-6-5-7-9-21/h5-17,26,33H,3-4,18-20H2,1-2H3/t26-/m1/s1. The molecule has 1 saturated heterocycles. The van der Waals surface area contributed by atoms with Crippen LogP contribution >= 0.6 is 0 Å². The number of ketones is 1. The van der Waals surface area contributed by atoms with Crippen LogP contribution in [0.5, 0.6) is 5.75 Å². The third kappa shape index (κ3) is 5.47. The zero-order valence-corrected chi connectivity index (χ0v) is 20.6. The normalized spacial score (nSPS) is 17.1. The van der Waals surface area contributed by atoms with E-state index < -0.39 is 17.7 Å². The van der Waals surface area contributed by atoms with Gasteiger partial charge in [0.05, 0.1) is 11.6 Å². The summed E-state index contributed by atoms with van der Waals surface area (Å²) >= 11 is 0. The van der Waals surface area contributed by atoms with Crippen molar-refractivity contribution in [1.82, 2.24) is 14.8 Å². The number of nitrogens with zero attached hydrogens (tertiary/aromatic N) is 3. The molecular weight excluding hydrogens is 454 g/mol. The highest BCUT2D eigenvalue weighted by atomic mass is 16.5. The number of pyridine rings is 1. The zero-order valence-electron chi connectivity index (χ0n) is 20.6. The minimum atomic E-state index is -0.683. The van der Waals surface area contributed by atoms with Crippen molar-refractivity contribution in [2.75, 3.05) is 26.2 Å². The molecule has 186 valence electrons. The van der Waals surface area contributed by atoms with Gasteiger partial charge in [0.15, 0.2) is 0 Å². The number of hydrogen-bond acceptors (Lipinski definition) is 6. The first-order valence-electron chi connectivity index (χ1n) is 12.2. The number of hydrogen-bond donors (Lipinski definition) is 1. The van der Waals surface area contributed by atoms with Gasteiger partial charge in [-0.05, 0) is 60.6 Å². The maximum absolute atomic E-state index is 13.2. The molecule has 1 amide bonds. The molecule has 1 atom stereocenters. The summed E-state index contributed by atoms with van der Waals surface area (Å²) in [7, 11) is 0. The van der Waals surface area contributed by atoms with Gasteiger partial charge in [-0.1, -0.05) is 44.2 Å². The van der Waals surface area contributed by atoms with E-state index in [2.05, 4.69) is 23.7 Å². The lowest BCUT2D eigenvalue weighted by molar-refractivity contribution is -0.140. The van der Waals surface area contributed by atoms with Crippen LogP contribution in [0.4, 0.5) is 0 Å². The van der Waals surface area contributed by atoms with Crippen molar-refractivity contribution in [1.29, 1.82) is 0 Å². The molecule has 0 unspecified atom stereocenters. The molecule has 7 heteroatoms. The van der Waals surface area contributed by atoms with Crippen molar-refractivity contribution in [3.63, 3.8) is 0 Å². The van der Waals surface area contributed by atoms with Crippen LogP contribution in [0.2, 0.25) is 0 Å². The van der Waals surface area contributed by atoms with Gasteiger partial charge in [-0.25, -0.2) is 0 Å². The first-order valence-corrected chi connectivity index (χ1v) is 12.2. The van der Waals surface area contributed by atoms with Gasteiger partial charge in [0.25, 0.3) is 11.7 Å². The minimum absolute atomic E-state index is 0.0868. The number of rotatable bonds is 10. The Labute approximate surface area is 211 Å². The summed E-state index contributed by atoms with van der Waals surface area (Å²) in [6, 6.07) is 19.6. The number of aromatic nitrogens is 1. The highest BCUT2D eigenvalue weighted by Gasteiger charge is 2.45. The minimum Gasteiger partial charge on any atom is -0.507 e. The highest BCUT2D eigenvalue weighted by molar-refractivity contribution is 6.46. The van der Waals surface area contributed by atoms with Gasteiger partial charge in [-0.2, -0.15) is 0 Å². The third-order valence-electron chi connectivity index (χ3n) is 6.49. The fraction of sp³-hybridized carbons (Fsp3) is 0.276. The number of amides is 1. The quantitative estimate of drug-likeness (QED) is 0.260. The van der Waals surface area contributed by atoms with Crippen molar-refractivity contribution in [2.24, 2.45) is 0 Å². The number of carbonyl (C=O) groups excluding carboxylic acids is 2. The van der Waals surface area contributed by atoms with Gasteiger partial charge >= 0.3 is 0 Å². The summed E-state index contributed by atoms with van der Waals surface area (Å²) in [6.07, 6.45) is 3.25. The van der Waals surface area contributed by atoms with Gasteiger partial charge in [-0.15, -0.1) is 0 Å². The van der Waals surface area contributed by atoms with Crippen LogP contribution in [0.15, 0.2) is 84.7 Å². The fourth-order valence-corrected chi connectivity index (χ4v) is 4.40. The summed E-state index contributed by atoms with van der Waals surface area (Å²) < 4.78 is 5.83. The number of benzene rings is 2. The Hall–Kier alpha value is -3.97. The molecule has 0 radical (unpaired) electrons. The van der Waals surface area contributed by atoms with Crippen molar-refractivity contribution in [3.05, 3.63) is 101 Å². The summed E-state index contributed by atoms with van der Waals surface area (Å²) in [4.78, 5) is 34.1. The second-order valence-electron chi connectivity index (χ2n) is 8.60. The smallest absolute Gasteiger partial charge is 0.295 e. The molecule has 1 N–H and O–H groups in total. The predicted molar refractivity (Wildman–Crippen MR) is 138 cm³/mol. The van der Waals surface area contributed by atoms with Crippen LogP contribution in [0, 0.1) is 0 Å². The molecule has 7 nitrogen and oxygen atoms in total. The largest absolute Gasteiger partial charge is 0.507 e. The van der Waals surface area contributed by atoms with Gasteiger partial charge in [0.2, 0.25) is 0 Å². The van der Waals surface area contributed by atoms with Crippen molar-refractivity contribution in [3.8, 4) is 5.75 Å². The fourth-order valence-electron chi connectivity index (χ4n) is 4.40. The molecule has 2 aromatic carbocycles. The lowest BCUT2D eigenvalue weighted by Gasteiger charge is -2.28. The van der Waals surface area contributed by atoms with E-state index in [9.17, 15) is 14.7 Å². The molecule has 0 bridgehead atoms. The van der Waals surface area contributed by atoms with E-state index >= 15 is 0 Å². The Balaban J connectivity index is 1.62. The Morgan fingerprint density at radius 3 is 2.28 bits per heavy atom. The molecule has 3 aromatic rings. The second-order valence-corrected chi connectivity index (χ2v) is 8.60. The van der Waals surface area contributed by atoms with Crippen LogP contribution < -0.4 is 4.74 Å². The summed E-state index contributed by atoms with van der Waals surface area (Å²) in [6.45, 7) is 7.25. The van der Waals surface area contributed by atoms with E-state index in [4.69, 9.17) is 4.74 Å². The molecule has 2 heterocycles. The molecule has 1 aliphatic heterocycles. The first-order chi connectivity index (χ1) is 17.5. The average molecular weight is 486 g/mol. The molecule has 1 aromatic heterocycles. The number of Topliss-reactive ketones (excluding diaryl/α,β-unsaturated/α-hetero) is 1. The molecule has 0 saturated carbocycles. The number of carbonyl (C=O) groups is 2. The van der Waals surface area contributed by atoms with Gasteiger partial charge < -0.3 is 19.6 Å². The van der Waals surface area contributed by atoms with E-state index in [1.54, 1.807) is 53.7 Å². The predicted octanol–water partition coefficient (Wildman–Crippen LogP) is 4.42. The highest BCUT2D eigenvalue weighted by Crippen LogP contribution is 2.39. The van der Waals surface area contributed by atoms with Crippen LogP contribution in [0.3, 0.4) is 0 Å². The lowest BCUT2D eigenvalue weighted by atomic mass is 9.96. The van der Waals surface area contributed by atoms with E-state index in [0.29, 0.717) is 31.0 Å². The number of likely N-dealkylation sites (N-methyl/N-ethyl adjacent to an activating group) is 1. The SMILES string of the molecule is CCN(CC)CCN1C(=O)C(=O)C(=C(O)c2ccc(OCc3ccccc3)cc2)[C@H]1c1ccncc1. The lowest BCUT2D eigenvalue weighted by Crippen LogP contribution is -2.38. The van der Waals surface area contributed by atoms with E-state index in [1.165, 1.54) is 0 Å². The van der Waals surface area contributed by atoms with Crippen LogP contribution in [0.1, 0.15) is 36.6 Å². The van der Waals surface area contributed by atoms with Crippen molar-refractivity contribution >= 4 is 17.4 Å². The Bertz CT molecular complexity index is 1210. The molecule has 0 spiro atoms. The number of aliphatic hydroxyl groups excluding tert-OH is 1. The molecular formula is C29H31N3O4. The summed E-state index contributed by atoms with van der Waals surface area (Å²) in [5.74, 6) is -0.845. The van der Waals surface area contributed by atoms with Crippen LogP contribution in [-0.2, 0) is 16.2 Å². The van der Waals surface area contributed by atoms with Gasteiger partial charge in [0.1, 0.15) is 18.1 Å².